The summed E-state index contributed by atoms with van der Waals surface area (Å²) in [6.45, 7) is 0. The van der Waals surface area contributed by atoms with Gasteiger partial charge in [-0.3, -0.25) is 4.79 Å². The molecule has 66 valence electrons. The minimum Gasteiger partial charge on any atom is -0.349 e. The smallest absolute Gasteiger partial charge is 0.223 e. The van der Waals surface area contributed by atoms with Gasteiger partial charge in [-0.05, 0) is 0 Å². The fourth-order valence-corrected chi connectivity index (χ4v) is 2.09. The molecule has 11 heavy (non-hydrogen) atoms. The minimum atomic E-state index is 0.118. The van der Waals surface area contributed by atoms with Crippen molar-refractivity contribution >= 4 is 41.0 Å². The molecular formula is C6H13NOS3. The summed E-state index contributed by atoms with van der Waals surface area (Å²) in [6, 6.07) is 0. The molecule has 0 saturated heterocycles. The maximum absolute atomic E-state index is 11.1. The summed E-state index contributed by atoms with van der Waals surface area (Å²) in [5, 5.41) is 0.118. The Morgan fingerprint density at radius 1 is 1.64 bits per heavy atom. The molecule has 0 radical (unpaired) electrons. The van der Waals surface area contributed by atoms with Crippen molar-refractivity contribution in [3.05, 3.63) is 0 Å². The summed E-state index contributed by atoms with van der Waals surface area (Å²) >= 11 is 8.20. The van der Waals surface area contributed by atoms with Crippen LogP contribution >= 0.6 is 35.1 Å². The number of carbonyl (C=O) groups excluding carboxylic acids is 1. The molecule has 0 aromatic heterocycles. The summed E-state index contributed by atoms with van der Waals surface area (Å²) in [5.41, 5.74) is 0. The molecule has 0 aromatic rings. The predicted molar refractivity (Wildman–Crippen MR) is 57.5 cm³/mol. The molecule has 1 unspecified atom stereocenters. The molecule has 0 saturated carbocycles. The average Bonchev–Trinajstić information content (AvgIpc) is 1.87. The molecule has 0 N–H and O–H groups in total. The van der Waals surface area contributed by atoms with Gasteiger partial charge < -0.3 is 4.90 Å². The van der Waals surface area contributed by atoms with Crippen molar-refractivity contribution in [3.63, 3.8) is 0 Å². The highest BCUT2D eigenvalue weighted by molar-refractivity contribution is 8.68. The Hall–Kier alpha value is 0.520. The van der Waals surface area contributed by atoms with Crippen LogP contribution in [0.4, 0.5) is 0 Å². The second kappa shape index (κ2) is 6.08. The van der Waals surface area contributed by atoms with Gasteiger partial charge in [0.25, 0.3) is 0 Å². The topological polar surface area (TPSA) is 20.3 Å². The molecule has 5 heteroatoms. The van der Waals surface area contributed by atoms with Gasteiger partial charge in [-0.2, -0.15) is 12.6 Å². The van der Waals surface area contributed by atoms with Crippen molar-refractivity contribution in [1.82, 2.24) is 4.90 Å². The molecule has 0 spiro atoms. The molecule has 0 rings (SSSR count). The lowest BCUT2D eigenvalue weighted by Gasteiger charge is -2.12. The summed E-state index contributed by atoms with van der Waals surface area (Å²) in [4.78, 5) is 12.6. The van der Waals surface area contributed by atoms with E-state index in [9.17, 15) is 4.79 Å². The zero-order valence-corrected chi connectivity index (χ0v) is 9.26. The maximum Gasteiger partial charge on any atom is 0.223 e. The van der Waals surface area contributed by atoms with Crippen molar-refractivity contribution in [1.29, 1.82) is 0 Å². The number of hydrogen-bond acceptors (Lipinski definition) is 4. The van der Waals surface area contributed by atoms with Crippen LogP contribution < -0.4 is 0 Å². The van der Waals surface area contributed by atoms with E-state index in [0.717, 1.165) is 5.75 Å². The van der Waals surface area contributed by atoms with Crippen LogP contribution in [0, 0.1) is 0 Å². The van der Waals surface area contributed by atoms with Gasteiger partial charge in [0.15, 0.2) is 0 Å². The monoisotopic (exact) mass is 211 g/mol. The first-order chi connectivity index (χ1) is 5.07. The molecule has 0 heterocycles. The summed E-state index contributed by atoms with van der Waals surface area (Å²) in [5.74, 6) is 0.915. The van der Waals surface area contributed by atoms with Crippen LogP contribution in [-0.4, -0.2) is 35.9 Å². The lowest BCUT2D eigenvalue weighted by atomic mass is 10.3. The van der Waals surface area contributed by atoms with Gasteiger partial charge in [0.05, 0.1) is 0 Å². The van der Waals surface area contributed by atoms with Crippen LogP contribution in [0.5, 0.6) is 0 Å². The van der Waals surface area contributed by atoms with Crippen LogP contribution in [0.15, 0.2) is 0 Å². The van der Waals surface area contributed by atoms with Crippen LogP contribution in [0.1, 0.15) is 6.42 Å². The second-order valence-corrected chi connectivity index (χ2v) is 4.54. The van der Waals surface area contributed by atoms with Gasteiger partial charge in [-0.1, -0.05) is 10.8 Å². The Balaban J connectivity index is 3.57. The van der Waals surface area contributed by atoms with Gasteiger partial charge >= 0.3 is 0 Å². The Labute approximate surface area is 82.3 Å². The molecule has 2 nitrogen and oxygen atoms in total. The Kier molecular flexibility index (Phi) is 6.37. The van der Waals surface area contributed by atoms with E-state index in [1.165, 1.54) is 10.8 Å². The lowest BCUT2D eigenvalue weighted by molar-refractivity contribution is -0.128. The molecule has 0 fully saturated rings. The Morgan fingerprint density at radius 2 is 2.18 bits per heavy atom. The zero-order chi connectivity index (χ0) is 8.85. The Morgan fingerprint density at radius 3 is 2.55 bits per heavy atom. The van der Waals surface area contributed by atoms with Crippen molar-refractivity contribution in [2.75, 3.05) is 19.8 Å². The lowest BCUT2D eigenvalue weighted by Crippen LogP contribution is -2.25. The fourth-order valence-electron chi connectivity index (χ4n) is 0.529. The van der Waals surface area contributed by atoms with E-state index in [-0.39, 0.29) is 11.2 Å². The number of nitrogens with zero attached hydrogens (tertiary/aromatic N) is 1. The SMILES string of the molecule is CN(C)C(=O)CC(S)CSS. The van der Waals surface area contributed by atoms with E-state index < -0.39 is 0 Å². The third-order valence-electron chi connectivity index (χ3n) is 1.18. The molecular weight excluding hydrogens is 198 g/mol. The maximum atomic E-state index is 11.1. The van der Waals surface area contributed by atoms with E-state index in [1.807, 2.05) is 0 Å². The van der Waals surface area contributed by atoms with Crippen LogP contribution in [0.25, 0.3) is 0 Å². The first-order valence-corrected chi connectivity index (χ1v) is 5.78. The van der Waals surface area contributed by atoms with Crippen molar-refractivity contribution < 1.29 is 4.79 Å². The third kappa shape index (κ3) is 5.75. The normalized spacial score (nSPS) is 12.7. The fraction of sp³-hybridized carbons (Fsp3) is 0.833. The highest BCUT2D eigenvalue weighted by atomic mass is 33.1. The Bertz CT molecular complexity index is 129. The molecule has 0 aromatic carbocycles. The number of thiol groups is 2. The van der Waals surface area contributed by atoms with E-state index in [0.29, 0.717) is 6.42 Å². The molecule has 0 aliphatic heterocycles. The van der Waals surface area contributed by atoms with Crippen LogP contribution in [0.2, 0.25) is 0 Å². The average molecular weight is 211 g/mol. The third-order valence-corrected chi connectivity index (χ3v) is 2.79. The highest BCUT2D eigenvalue weighted by Gasteiger charge is 2.10. The number of carbonyl (C=O) groups is 1. The highest BCUT2D eigenvalue weighted by Crippen LogP contribution is 2.13. The van der Waals surface area contributed by atoms with Gasteiger partial charge in [-0.25, -0.2) is 0 Å². The van der Waals surface area contributed by atoms with Gasteiger partial charge in [0.2, 0.25) is 5.91 Å². The first kappa shape index (κ1) is 11.5. The van der Waals surface area contributed by atoms with Crippen molar-refractivity contribution in [2.45, 2.75) is 11.7 Å². The minimum absolute atomic E-state index is 0.118. The molecule has 1 amide bonds. The quantitative estimate of drug-likeness (QED) is 0.541. The van der Waals surface area contributed by atoms with E-state index in [2.05, 4.69) is 24.3 Å². The van der Waals surface area contributed by atoms with Crippen LogP contribution in [0.3, 0.4) is 0 Å². The largest absolute Gasteiger partial charge is 0.349 e. The van der Waals surface area contributed by atoms with E-state index in [4.69, 9.17) is 0 Å². The van der Waals surface area contributed by atoms with Crippen molar-refractivity contribution in [3.8, 4) is 0 Å². The predicted octanol–water partition coefficient (Wildman–Crippen LogP) is 1.34. The summed E-state index contributed by atoms with van der Waals surface area (Å²) in [6.07, 6.45) is 0.490. The first-order valence-electron chi connectivity index (χ1n) is 3.22. The van der Waals surface area contributed by atoms with Crippen LogP contribution in [-0.2, 0) is 4.79 Å². The molecule has 1 atom stereocenters. The number of amides is 1. The van der Waals surface area contributed by atoms with E-state index >= 15 is 0 Å². The molecule has 0 aliphatic rings. The summed E-state index contributed by atoms with van der Waals surface area (Å²) in [7, 11) is 4.90. The second-order valence-electron chi connectivity index (χ2n) is 2.44. The molecule has 0 bridgehead atoms. The van der Waals surface area contributed by atoms with Gasteiger partial charge in [0.1, 0.15) is 0 Å². The summed E-state index contributed by atoms with van der Waals surface area (Å²) < 4.78 is 0. The van der Waals surface area contributed by atoms with Crippen molar-refractivity contribution in [2.24, 2.45) is 0 Å². The van der Waals surface area contributed by atoms with Gasteiger partial charge in [-0.15, -0.1) is 11.7 Å². The number of hydrogen-bond donors (Lipinski definition) is 2. The standard InChI is InChI=1S/C6H13NOS3/c1-7(2)6(8)3-5(9)4-11-10/h5,9-10H,3-4H2,1-2H3. The zero-order valence-electron chi connectivity index (χ0n) is 6.65. The van der Waals surface area contributed by atoms with E-state index in [1.54, 1.807) is 19.0 Å². The van der Waals surface area contributed by atoms with Gasteiger partial charge in [0, 0.05) is 31.5 Å². The number of rotatable bonds is 4. The molecule has 0 aliphatic carbocycles.